The van der Waals surface area contributed by atoms with Gasteiger partial charge in [-0.25, -0.2) is 14.4 Å². The second-order valence-corrected chi connectivity index (χ2v) is 7.83. The summed E-state index contributed by atoms with van der Waals surface area (Å²) in [5.41, 5.74) is 3.83. The fourth-order valence-electron chi connectivity index (χ4n) is 3.77. The van der Waals surface area contributed by atoms with E-state index in [1.165, 1.54) is 19.2 Å². The van der Waals surface area contributed by atoms with Crippen molar-refractivity contribution in [1.82, 2.24) is 15.3 Å². The van der Waals surface area contributed by atoms with Crippen LogP contribution in [0.4, 0.5) is 10.1 Å². The molecule has 2 N–H and O–H groups in total. The number of hydrogen-bond acceptors (Lipinski definition) is 5. The van der Waals surface area contributed by atoms with Gasteiger partial charge in [0, 0.05) is 34.2 Å². The highest BCUT2D eigenvalue weighted by atomic mass is 19.1. The first-order valence-corrected chi connectivity index (χ1v) is 10.7. The van der Waals surface area contributed by atoms with Gasteiger partial charge in [0.2, 0.25) is 0 Å². The molecule has 1 aliphatic rings. The van der Waals surface area contributed by atoms with Crippen molar-refractivity contribution in [3.63, 3.8) is 0 Å². The van der Waals surface area contributed by atoms with Crippen molar-refractivity contribution in [2.24, 2.45) is 0 Å². The van der Waals surface area contributed by atoms with Crippen LogP contribution >= 0.6 is 0 Å². The van der Waals surface area contributed by atoms with Gasteiger partial charge >= 0.3 is 0 Å². The highest BCUT2D eigenvalue weighted by Crippen LogP contribution is 2.36. The normalized spacial score (nSPS) is 17.4. The maximum atomic E-state index is 14.0. The van der Waals surface area contributed by atoms with Gasteiger partial charge in [-0.15, -0.1) is 0 Å². The molecule has 7 heteroatoms. The summed E-state index contributed by atoms with van der Waals surface area (Å²) in [7, 11) is 0. The lowest BCUT2D eigenvalue weighted by Gasteiger charge is -2.24. The summed E-state index contributed by atoms with van der Waals surface area (Å²) < 4.78 is 20.2. The predicted molar refractivity (Wildman–Crippen MR) is 117 cm³/mol. The minimum atomic E-state index is -1.52. The number of anilines is 1. The molecule has 1 fully saturated rings. The largest absolute Gasteiger partial charge is 0.491 e. The number of halogens is 1. The van der Waals surface area contributed by atoms with Gasteiger partial charge in [-0.2, -0.15) is 0 Å². The van der Waals surface area contributed by atoms with Crippen LogP contribution in [0, 0.1) is 13.8 Å². The Kier molecular flexibility index (Phi) is 7.74. The zero-order valence-electron chi connectivity index (χ0n) is 18.0. The number of benzene rings is 1. The third-order valence-corrected chi connectivity index (χ3v) is 5.42. The Morgan fingerprint density at radius 1 is 1.30 bits per heavy atom. The van der Waals surface area contributed by atoms with Crippen molar-refractivity contribution in [2.75, 3.05) is 18.5 Å². The summed E-state index contributed by atoms with van der Waals surface area (Å²) in [4.78, 5) is 20.8. The summed E-state index contributed by atoms with van der Waals surface area (Å²) in [5.74, 6) is 0.0763. The van der Waals surface area contributed by atoms with Crippen LogP contribution in [0.1, 0.15) is 50.4 Å². The lowest BCUT2D eigenvalue weighted by Crippen LogP contribution is -2.38. The number of nitrogens with one attached hydrogen (secondary N) is 2. The van der Waals surface area contributed by atoms with Gasteiger partial charge in [0.1, 0.15) is 18.7 Å². The summed E-state index contributed by atoms with van der Waals surface area (Å²) in [6.07, 6.45) is 4.32. The monoisotopic (exact) mass is 414 g/mol. The van der Waals surface area contributed by atoms with E-state index in [0.29, 0.717) is 30.5 Å². The molecule has 2 heterocycles. The van der Waals surface area contributed by atoms with Gasteiger partial charge in [0.05, 0.1) is 0 Å². The van der Waals surface area contributed by atoms with Gasteiger partial charge in [-0.1, -0.05) is 19.8 Å². The average molecular weight is 415 g/mol. The topological polar surface area (TPSA) is 76.1 Å². The van der Waals surface area contributed by atoms with E-state index in [4.69, 9.17) is 4.74 Å². The Balaban J connectivity index is 1.88. The number of alkyl halides is 1. The molecular weight excluding hydrogens is 383 g/mol. The minimum Gasteiger partial charge on any atom is -0.491 e. The van der Waals surface area contributed by atoms with Gasteiger partial charge in [0.25, 0.3) is 5.91 Å². The lowest BCUT2D eigenvalue weighted by atomic mass is 10.0. The molecule has 162 valence electrons. The third-order valence-electron chi connectivity index (χ3n) is 5.42. The van der Waals surface area contributed by atoms with Crippen molar-refractivity contribution in [3.05, 3.63) is 35.9 Å². The standard InChI is InChI=1S/C23H31FN4O2/c1-4-7-20(24)23(29)28-17-9-10-21(30-13-18-8-5-6-11-25-18)19(12-17)22-15(2)26-14-27-16(22)3/h9-10,12,14,18,20,25H,4-8,11,13H2,1-3H3,(H,28,29)/t18-,20?/m1/s1. The lowest BCUT2D eigenvalue weighted by molar-refractivity contribution is -0.121. The molecule has 30 heavy (non-hydrogen) atoms. The third kappa shape index (κ3) is 5.53. The second-order valence-electron chi connectivity index (χ2n) is 7.83. The van der Waals surface area contributed by atoms with E-state index >= 15 is 0 Å². The molecule has 1 aromatic carbocycles. The van der Waals surface area contributed by atoms with E-state index in [9.17, 15) is 9.18 Å². The highest BCUT2D eigenvalue weighted by Gasteiger charge is 2.20. The van der Waals surface area contributed by atoms with Crippen LogP contribution in [0.25, 0.3) is 11.1 Å². The number of amides is 1. The molecule has 0 radical (unpaired) electrons. The highest BCUT2D eigenvalue weighted by molar-refractivity contribution is 5.95. The Hall–Kier alpha value is -2.54. The van der Waals surface area contributed by atoms with E-state index < -0.39 is 12.1 Å². The van der Waals surface area contributed by atoms with Crippen LogP contribution in [-0.4, -0.2) is 41.2 Å². The Labute approximate surface area is 177 Å². The average Bonchev–Trinajstić information content (AvgIpc) is 2.74. The molecule has 1 aliphatic heterocycles. The molecule has 0 bridgehead atoms. The van der Waals surface area contributed by atoms with Crippen LogP contribution < -0.4 is 15.4 Å². The van der Waals surface area contributed by atoms with Crippen LogP contribution in [0.2, 0.25) is 0 Å². The minimum absolute atomic E-state index is 0.207. The number of hydrogen-bond donors (Lipinski definition) is 2. The van der Waals surface area contributed by atoms with Gasteiger partial charge in [-0.3, -0.25) is 4.79 Å². The summed E-state index contributed by atoms with van der Waals surface area (Å²) >= 11 is 0. The zero-order valence-corrected chi connectivity index (χ0v) is 18.0. The fraction of sp³-hybridized carbons (Fsp3) is 0.522. The first-order chi connectivity index (χ1) is 14.5. The number of piperidine rings is 1. The molecule has 3 rings (SSSR count). The molecule has 1 aromatic heterocycles. The van der Waals surface area contributed by atoms with E-state index in [0.717, 1.165) is 35.5 Å². The molecule has 6 nitrogen and oxygen atoms in total. The maximum absolute atomic E-state index is 14.0. The molecule has 1 saturated heterocycles. The van der Waals surface area contributed by atoms with E-state index in [-0.39, 0.29) is 6.42 Å². The Morgan fingerprint density at radius 3 is 2.73 bits per heavy atom. The quantitative estimate of drug-likeness (QED) is 0.671. The molecular formula is C23H31FN4O2. The first-order valence-electron chi connectivity index (χ1n) is 10.7. The smallest absolute Gasteiger partial charge is 0.258 e. The zero-order chi connectivity index (χ0) is 21.5. The SMILES string of the molecule is CCCC(F)C(=O)Nc1ccc(OC[C@H]2CCCCN2)c(-c2c(C)ncnc2C)c1. The van der Waals surface area contributed by atoms with E-state index in [2.05, 4.69) is 20.6 Å². The summed E-state index contributed by atoms with van der Waals surface area (Å²) in [6.45, 7) is 7.26. The molecule has 2 aromatic rings. The number of aromatic nitrogens is 2. The van der Waals surface area contributed by atoms with Crippen molar-refractivity contribution < 1.29 is 13.9 Å². The molecule has 1 amide bonds. The predicted octanol–water partition coefficient (Wildman–Crippen LogP) is 4.36. The van der Waals surface area contributed by atoms with Crippen LogP contribution in [0.5, 0.6) is 5.75 Å². The fourth-order valence-corrected chi connectivity index (χ4v) is 3.77. The number of rotatable bonds is 8. The molecule has 0 saturated carbocycles. The summed E-state index contributed by atoms with van der Waals surface area (Å²) in [6, 6.07) is 5.71. The van der Waals surface area contributed by atoms with E-state index in [1.807, 2.05) is 32.9 Å². The first kappa shape index (κ1) is 22.2. The molecule has 0 spiro atoms. The van der Waals surface area contributed by atoms with E-state index in [1.54, 1.807) is 6.07 Å². The van der Waals surface area contributed by atoms with Crippen LogP contribution in [-0.2, 0) is 4.79 Å². The van der Waals surface area contributed by atoms with Crippen LogP contribution in [0.15, 0.2) is 24.5 Å². The van der Waals surface area contributed by atoms with Crippen molar-refractivity contribution in [2.45, 2.75) is 65.1 Å². The van der Waals surface area contributed by atoms with Gasteiger partial charge in [0.15, 0.2) is 6.17 Å². The number of ether oxygens (including phenoxy) is 1. The Morgan fingerprint density at radius 2 is 2.07 bits per heavy atom. The van der Waals surface area contributed by atoms with Gasteiger partial charge < -0.3 is 15.4 Å². The number of carbonyl (C=O) groups is 1. The van der Waals surface area contributed by atoms with Crippen molar-refractivity contribution in [1.29, 1.82) is 0 Å². The maximum Gasteiger partial charge on any atom is 0.258 e. The van der Waals surface area contributed by atoms with Gasteiger partial charge in [-0.05, 0) is 57.9 Å². The molecule has 0 aliphatic carbocycles. The Bertz CT molecular complexity index is 848. The molecule has 1 unspecified atom stereocenters. The summed E-state index contributed by atoms with van der Waals surface area (Å²) in [5, 5.41) is 6.17. The number of nitrogens with zero attached hydrogens (tertiary/aromatic N) is 2. The molecule has 2 atom stereocenters. The van der Waals surface area contributed by atoms with Crippen molar-refractivity contribution >= 4 is 11.6 Å². The van der Waals surface area contributed by atoms with Crippen LogP contribution in [0.3, 0.4) is 0 Å². The number of aryl methyl sites for hydroxylation is 2. The number of carbonyl (C=O) groups excluding carboxylic acids is 1. The van der Waals surface area contributed by atoms with Crippen molar-refractivity contribution in [3.8, 4) is 16.9 Å². The second kappa shape index (κ2) is 10.5.